The minimum atomic E-state index is -0.0501. The van der Waals surface area contributed by atoms with E-state index in [-0.39, 0.29) is 18.2 Å². The molecule has 0 unspecified atom stereocenters. The molecule has 0 amide bonds. The molecular formula is C16H16Cl2N2O. The van der Waals surface area contributed by atoms with Crippen LogP contribution in [0.5, 0.6) is 0 Å². The van der Waals surface area contributed by atoms with Crippen LogP contribution in [0.2, 0.25) is 5.02 Å². The molecule has 0 saturated carbocycles. The zero-order valence-electron chi connectivity index (χ0n) is 11.8. The van der Waals surface area contributed by atoms with Gasteiger partial charge >= 0.3 is 0 Å². The number of nitrogens with zero attached hydrogens (tertiary/aromatic N) is 2. The molecule has 21 heavy (non-hydrogen) atoms. The summed E-state index contributed by atoms with van der Waals surface area (Å²) in [4.78, 5) is 14.0. The lowest BCUT2D eigenvalue weighted by Crippen LogP contribution is -3.00. The summed E-state index contributed by atoms with van der Waals surface area (Å²) in [7, 11) is 3.97. The Bertz CT molecular complexity index is 620. The van der Waals surface area contributed by atoms with E-state index in [0.29, 0.717) is 10.6 Å². The van der Waals surface area contributed by atoms with E-state index in [1.807, 2.05) is 48.1 Å². The lowest BCUT2D eigenvalue weighted by atomic mass is 10.1. The average molecular weight is 323 g/mol. The third-order valence-electron chi connectivity index (χ3n) is 2.88. The van der Waals surface area contributed by atoms with Gasteiger partial charge in [-0.1, -0.05) is 11.6 Å². The van der Waals surface area contributed by atoms with Gasteiger partial charge in [-0.2, -0.15) is 4.57 Å². The molecule has 0 saturated heterocycles. The van der Waals surface area contributed by atoms with Gasteiger partial charge in [0, 0.05) is 42.5 Å². The topological polar surface area (TPSA) is 24.2 Å². The van der Waals surface area contributed by atoms with Crippen LogP contribution in [0.15, 0.2) is 54.9 Å². The van der Waals surface area contributed by atoms with Crippen LogP contribution in [0.1, 0.15) is 10.4 Å². The van der Waals surface area contributed by atoms with Gasteiger partial charge in [0.25, 0.3) is 0 Å². The fraction of sp³-hybridized carbons (Fsp3) is 0.125. The fourth-order valence-corrected chi connectivity index (χ4v) is 1.82. The maximum atomic E-state index is 12.0. The quantitative estimate of drug-likeness (QED) is 0.451. The van der Waals surface area contributed by atoms with Crippen molar-refractivity contribution < 1.29 is 21.8 Å². The molecule has 1 aromatic carbocycles. The van der Waals surface area contributed by atoms with Gasteiger partial charge in [0.2, 0.25) is 0 Å². The van der Waals surface area contributed by atoms with Crippen LogP contribution >= 0.6 is 11.6 Å². The molecule has 0 aliphatic heterocycles. The predicted octanol–water partition coefficient (Wildman–Crippen LogP) is 0.0511. The molecule has 5 heteroatoms. The van der Waals surface area contributed by atoms with Crippen molar-refractivity contribution in [2.24, 2.45) is 0 Å². The van der Waals surface area contributed by atoms with E-state index in [0.717, 1.165) is 5.69 Å². The Balaban J connectivity index is 0.00000220. The summed E-state index contributed by atoms with van der Waals surface area (Å²) >= 11 is 5.79. The summed E-state index contributed by atoms with van der Waals surface area (Å²) in [5.74, 6) is -0.0501. The maximum Gasteiger partial charge on any atom is 0.191 e. The second-order valence-electron chi connectivity index (χ2n) is 4.58. The van der Waals surface area contributed by atoms with E-state index < -0.39 is 0 Å². The van der Waals surface area contributed by atoms with E-state index in [2.05, 4.69) is 0 Å². The minimum absolute atomic E-state index is 0. The number of ketones is 1. The van der Waals surface area contributed by atoms with Crippen molar-refractivity contribution in [2.75, 3.05) is 19.0 Å². The molecule has 0 aliphatic rings. The van der Waals surface area contributed by atoms with Crippen molar-refractivity contribution in [3.8, 4) is 0 Å². The second-order valence-corrected chi connectivity index (χ2v) is 5.02. The highest BCUT2D eigenvalue weighted by Gasteiger charge is 2.04. The Morgan fingerprint density at radius 3 is 2.19 bits per heavy atom. The van der Waals surface area contributed by atoms with Crippen molar-refractivity contribution >= 4 is 29.3 Å². The van der Waals surface area contributed by atoms with E-state index in [9.17, 15) is 4.79 Å². The molecule has 3 nitrogen and oxygen atoms in total. The van der Waals surface area contributed by atoms with Crippen molar-refractivity contribution in [1.82, 2.24) is 0 Å². The fourth-order valence-electron chi connectivity index (χ4n) is 1.69. The Labute approximate surface area is 135 Å². The van der Waals surface area contributed by atoms with Crippen molar-refractivity contribution in [1.29, 1.82) is 0 Å². The van der Waals surface area contributed by atoms with E-state index in [1.165, 1.54) is 0 Å². The van der Waals surface area contributed by atoms with Crippen LogP contribution in [0.4, 0.5) is 5.69 Å². The van der Waals surface area contributed by atoms with Crippen molar-refractivity contribution in [3.05, 3.63) is 65.5 Å². The van der Waals surface area contributed by atoms with Gasteiger partial charge in [-0.25, -0.2) is 0 Å². The van der Waals surface area contributed by atoms with Gasteiger partial charge in [-0.15, -0.1) is 0 Å². The first-order chi connectivity index (χ1) is 9.56. The molecular weight excluding hydrogens is 307 g/mol. The van der Waals surface area contributed by atoms with E-state index in [4.69, 9.17) is 11.6 Å². The number of anilines is 1. The van der Waals surface area contributed by atoms with E-state index in [1.54, 1.807) is 36.5 Å². The molecule has 1 aromatic heterocycles. The molecule has 110 valence electrons. The number of allylic oxidation sites excluding steroid dienone is 1. The number of carbonyl (C=O) groups excluding carboxylic acids is 1. The monoisotopic (exact) mass is 322 g/mol. The molecule has 0 fully saturated rings. The van der Waals surface area contributed by atoms with Gasteiger partial charge in [0.1, 0.15) is 0 Å². The number of halogens is 2. The summed E-state index contributed by atoms with van der Waals surface area (Å²) in [6.45, 7) is 0. The van der Waals surface area contributed by atoms with Gasteiger partial charge in [-0.3, -0.25) is 4.79 Å². The number of carbonyl (C=O) groups is 1. The highest BCUT2D eigenvalue weighted by atomic mass is 35.5. The lowest BCUT2D eigenvalue weighted by Gasteiger charge is -2.09. The summed E-state index contributed by atoms with van der Waals surface area (Å²) in [5.41, 5.74) is 1.73. The largest absolute Gasteiger partial charge is 1.00 e. The van der Waals surface area contributed by atoms with Gasteiger partial charge < -0.3 is 17.3 Å². The van der Waals surface area contributed by atoms with Crippen LogP contribution in [0, 0.1) is 0 Å². The van der Waals surface area contributed by atoms with Gasteiger partial charge in [0.15, 0.2) is 24.4 Å². The first kappa shape index (κ1) is 17.2. The molecule has 2 rings (SSSR count). The number of pyridine rings is 1. The Kier molecular flexibility index (Phi) is 6.40. The van der Waals surface area contributed by atoms with Crippen LogP contribution < -0.4 is 21.9 Å². The zero-order valence-corrected chi connectivity index (χ0v) is 13.3. The predicted molar refractivity (Wildman–Crippen MR) is 82.1 cm³/mol. The standard InChI is InChI=1S/C16H16ClN2O.ClH/c1-18(2)15-7-10-19(11-8-15)12-9-16(20)13-3-5-14(17)6-4-13;/h3-12H,1-2H3;1H/q+1;/p-1/b12-9-;. The molecule has 0 spiro atoms. The number of hydrogen-bond acceptors (Lipinski definition) is 2. The Morgan fingerprint density at radius 1 is 1.10 bits per heavy atom. The third-order valence-corrected chi connectivity index (χ3v) is 3.13. The second kappa shape index (κ2) is 7.81. The molecule has 0 aliphatic carbocycles. The summed E-state index contributed by atoms with van der Waals surface area (Å²) < 4.78 is 1.83. The summed E-state index contributed by atoms with van der Waals surface area (Å²) in [5, 5.41) is 0.624. The molecule has 0 N–H and O–H groups in total. The number of rotatable bonds is 4. The van der Waals surface area contributed by atoms with Gasteiger partial charge in [0.05, 0.1) is 6.08 Å². The highest BCUT2D eigenvalue weighted by molar-refractivity contribution is 6.30. The first-order valence-electron chi connectivity index (χ1n) is 6.22. The maximum absolute atomic E-state index is 12.0. The van der Waals surface area contributed by atoms with Crippen molar-refractivity contribution in [3.63, 3.8) is 0 Å². The minimum Gasteiger partial charge on any atom is -1.00 e. The van der Waals surface area contributed by atoms with Crippen LogP contribution in [-0.2, 0) is 0 Å². The molecule has 2 aromatic rings. The Hall–Kier alpha value is -1.84. The lowest BCUT2D eigenvalue weighted by molar-refractivity contribution is -0.568. The third kappa shape index (κ3) is 4.88. The van der Waals surface area contributed by atoms with Crippen molar-refractivity contribution in [2.45, 2.75) is 0 Å². The number of benzene rings is 1. The SMILES string of the molecule is CN(C)c1cc[n+](/C=C\C(=O)c2ccc(Cl)cc2)cc1.[Cl-]. The number of hydrogen-bond donors (Lipinski definition) is 0. The smallest absolute Gasteiger partial charge is 0.191 e. The van der Waals surface area contributed by atoms with Crippen LogP contribution in [-0.4, -0.2) is 19.9 Å². The molecule has 1 heterocycles. The number of aromatic nitrogens is 1. The van der Waals surface area contributed by atoms with Crippen LogP contribution in [0.25, 0.3) is 6.20 Å². The summed E-state index contributed by atoms with van der Waals surface area (Å²) in [6.07, 6.45) is 7.08. The molecule has 0 radical (unpaired) electrons. The molecule has 0 atom stereocenters. The normalized spacial score (nSPS) is 10.2. The Morgan fingerprint density at radius 2 is 1.67 bits per heavy atom. The average Bonchev–Trinajstić information content (AvgIpc) is 2.46. The zero-order chi connectivity index (χ0) is 14.5. The van der Waals surface area contributed by atoms with Crippen LogP contribution in [0.3, 0.4) is 0 Å². The molecule has 0 bridgehead atoms. The first-order valence-corrected chi connectivity index (χ1v) is 6.60. The van der Waals surface area contributed by atoms with Gasteiger partial charge in [-0.05, 0) is 24.3 Å². The van der Waals surface area contributed by atoms with E-state index >= 15 is 0 Å². The summed E-state index contributed by atoms with van der Waals surface area (Å²) in [6, 6.07) is 10.8. The highest BCUT2D eigenvalue weighted by Crippen LogP contribution is 2.10.